The van der Waals surface area contributed by atoms with E-state index in [-0.39, 0.29) is 18.3 Å². The third-order valence-electron chi connectivity index (χ3n) is 3.28. The Hall–Kier alpha value is -1.26. The number of likely N-dealkylation sites (N-methyl/N-ethyl adjacent to an activating group) is 1. The standard InChI is InChI=1S/C16H26N2O2.ClH/c1-5-11-16(3,17)15(19)18(4)12-13-9-7-8-10-14(13)20-6-2;/h7-10H,5-6,11-12,17H2,1-4H3;1H. The molecule has 0 aliphatic rings. The molecule has 0 bridgehead atoms. The van der Waals surface area contributed by atoms with E-state index in [0.717, 1.165) is 17.7 Å². The molecule has 1 atom stereocenters. The van der Waals surface area contributed by atoms with Crippen molar-refractivity contribution in [2.45, 2.75) is 45.7 Å². The normalized spacial score (nSPS) is 13.0. The molecule has 0 saturated heterocycles. The van der Waals surface area contributed by atoms with Gasteiger partial charge < -0.3 is 15.4 Å². The lowest BCUT2D eigenvalue weighted by Crippen LogP contribution is -2.51. The third kappa shape index (κ3) is 5.56. The molecule has 1 unspecified atom stereocenters. The molecule has 1 aromatic carbocycles. The van der Waals surface area contributed by atoms with Gasteiger partial charge in [-0.2, -0.15) is 0 Å². The minimum Gasteiger partial charge on any atom is -0.494 e. The van der Waals surface area contributed by atoms with E-state index >= 15 is 0 Å². The molecule has 0 heterocycles. The van der Waals surface area contributed by atoms with Crippen LogP contribution in [0.25, 0.3) is 0 Å². The number of nitrogens with two attached hydrogens (primary N) is 1. The smallest absolute Gasteiger partial charge is 0.242 e. The second-order valence-electron chi connectivity index (χ2n) is 5.37. The van der Waals surface area contributed by atoms with Gasteiger partial charge in [0.2, 0.25) is 5.91 Å². The van der Waals surface area contributed by atoms with Gasteiger partial charge in [-0.25, -0.2) is 0 Å². The van der Waals surface area contributed by atoms with E-state index in [9.17, 15) is 4.79 Å². The molecule has 1 aromatic rings. The molecule has 5 heteroatoms. The number of carbonyl (C=O) groups is 1. The molecule has 120 valence electrons. The summed E-state index contributed by atoms with van der Waals surface area (Å²) in [6.45, 7) is 6.89. The monoisotopic (exact) mass is 314 g/mol. The van der Waals surface area contributed by atoms with Crippen molar-refractivity contribution in [1.29, 1.82) is 0 Å². The number of amides is 1. The van der Waals surface area contributed by atoms with Crippen molar-refractivity contribution < 1.29 is 9.53 Å². The van der Waals surface area contributed by atoms with Gasteiger partial charge in [0.1, 0.15) is 5.75 Å². The van der Waals surface area contributed by atoms with Crippen LogP contribution in [0.4, 0.5) is 0 Å². The third-order valence-corrected chi connectivity index (χ3v) is 3.28. The Bertz CT molecular complexity index is 450. The molecule has 21 heavy (non-hydrogen) atoms. The molecule has 0 saturated carbocycles. The van der Waals surface area contributed by atoms with Gasteiger partial charge in [-0.3, -0.25) is 4.79 Å². The summed E-state index contributed by atoms with van der Waals surface area (Å²) >= 11 is 0. The second-order valence-corrected chi connectivity index (χ2v) is 5.37. The lowest BCUT2D eigenvalue weighted by molar-refractivity contribution is -0.135. The van der Waals surface area contributed by atoms with Crippen molar-refractivity contribution in [2.75, 3.05) is 13.7 Å². The van der Waals surface area contributed by atoms with Gasteiger partial charge in [0, 0.05) is 19.2 Å². The highest BCUT2D eigenvalue weighted by atomic mass is 35.5. The van der Waals surface area contributed by atoms with Crippen LogP contribution in [0.15, 0.2) is 24.3 Å². The van der Waals surface area contributed by atoms with E-state index in [2.05, 4.69) is 0 Å². The van der Waals surface area contributed by atoms with Gasteiger partial charge in [0.05, 0.1) is 12.1 Å². The van der Waals surface area contributed by atoms with Gasteiger partial charge >= 0.3 is 0 Å². The summed E-state index contributed by atoms with van der Waals surface area (Å²) in [6.07, 6.45) is 1.57. The van der Waals surface area contributed by atoms with Crippen molar-refractivity contribution in [2.24, 2.45) is 5.73 Å². The summed E-state index contributed by atoms with van der Waals surface area (Å²) < 4.78 is 5.58. The molecular weight excluding hydrogens is 288 g/mol. The molecule has 0 spiro atoms. The first-order valence-corrected chi connectivity index (χ1v) is 7.17. The molecule has 0 aliphatic carbocycles. The van der Waals surface area contributed by atoms with Crippen molar-refractivity contribution in [3.05, 3.63) is 29.8 Å². The first-order valence-electron chi connectivity index (χ1n) is 7.17. The van der Waals surface area contributed by atoms with Crippen molar-refractivity contribution in [1.82, 2.24) is 4.90 Å². The Balaban J connectivity index is 0.00000400. The Kier molecular flexibility index (Phi) is 8.37. The number of ether oxygens (including phenoxy) is 1. The maximum Gasteiger partial charge on any atom is 0.242 e. The fraction of sp³-hybridized carbons (Fsp3) is 0.562. The summed E-state index contributed by atoms with van der Waals surface area (Å²) in [7, 11) is 1.78. The van der Waals surface area contributed by atoms with Crippen LogP contribution in [0, 0.1) is 0 Å². The van der Waals surface area contributed by atoms with Crippen LogP contribution in [-0.4, -0.2) is 30.0 Å². The number of rotatable bonds is 7. The zero-order valence-corrected chi connectivity index (χ0v) is 14.2. The number of nitrogens with zero attached hydrogens (tertiary/aromatic N) is 1. The number of carbonyl (C=O) groups excluding carboxylic acids is 1. The van der Waals surface area contributed by atoms with Crippen LogP contribution in [-0.2, 0) is 11.3 Å². The molecule has 1 amide bonds. The number of benzene rings is 1. The van der Waals surface area contributed by atoms with E-state index < -0.39 is 5.54 Å². The first-order chi connectivity index (χ1) is 9.42. The summed E-state index contributed by atoms with van der Waals surface area (Å²) in [5.41, 5.74) is 6.30. The predicted molar refractivity (Wildman–Crippen MR) is 88.8 cm³/mol. The molecule has 4 nitrogen and oxygen atoms in total. The zero-order chi connectivity index (χ0) is 15.2. The highest BCUT2D eigenvalue weighted by Crippen LogP contribution is 2.21. The van der Waals surface area contributed by atoms with E-state index in [0.29, 0.717) is 19.6 Å². The molecule has 2 N–H and O–H groups in total. The van der Waals surface area contributed by atoms with Gasteiger partial charge in [-0.1, -0.05) is 31.5 Å². The largest absolute Gasteiger partial charge is 0.494 e. The first kappa shape index (κ1) is 19.7. The number of halogens is 1. The lowest BCUT2D eigenvalue weighted by Gasteiger charge is -2.29. The minimum absolute atomic E-state index is 0. The Morgan fingerprint density at radius 2 is 1.95 bits per heavy atom. The van der Waals surface area contributed by atoms with Crippen LogP contribution in [0.5, 0.6) is 5.75 Å². The Morgan fingerprint density at radius 1 is 1.33 bits per heavy atom. The highest BCUT2D eigenvalue weighted by Gasteiger charge is 2.30. The SMILES string of the molecule is CCCC(C)(N)C(=O)N(C)Cc1ccccc1OCC.Cl. The van der Waals surface area contributed by atoms with Crippen LogP contribution < -0.4 is 10.5 Å². The fourth-order valence-electron chi connectivity index (χ4n) is 2.32. The highest BCUT2D eigenvalue weighted by molar-refractivity contribution is 5.85. The summed E-state index contributed by atoms with van der Waals surface area (Å²) in [5.74, 6) is 0.787. The minimum atomic E-state index is -0.802. The van der Waals surface area contributed by atoms with E-state index in [1.807, 2.05) is 38.1 Å². The average Bonchev–Trinajstić information content (AvgIpc) is 2.40. The molecule has 0 aliphatic heterocycles. The molecule has 0 aromatic heterocycles. The van der Waals surface area contributed by atoms with Gasteiger partial charge in [-0.15, -0.1) is 12.4 Å². The fourth-order valence-corrected chi connectivity index (χ4v) is 2.32. The maximum absolute atomic E-state index is 12.4. The van der Waals surface area contributed by atoms with Crippen LogP contribution >= 0.6 is 12.4 Å². The quantitative estimate of drug-likeness (QED) is 0.841. The predicted octanol–water partition coefficient (Wildman–Crippen LogP) is 2.98. The molecule has 1 rings (SSSR count). The van der Waals surface area contributed by atoms with Gasteiger partial charge in [0.15, 0.2) is 0 Å². The van der Waals surface area contributed by atoms with Gasteiger partial charge in [0.25, 0.3) is 0 Å². The van der Waals surface area contributed by atoms with Crippen LogP contribution in [0.3, 0.4) is 0 Å². The van der Waals surface area contributed by atoms with Gasteiger partial charge in [-0.05, 0) is 26.3 Å². The number of hydrogen-bond acceptors (Lipinski definition) is 3. The van der Waals surface area contributed by atoms with E-state index in [4.69, 9.17) is 10.5 Å². The summed E-state index contributed by atoms with van der Waals surface area (Å²) in [6, 6.07) is 7.78. The summed E-state index contributed by atoms with van der Waals surface area (Å²) in [4.78, 5) is 14.1. The van der Waals surface area contributed by atoms with Crippen LogP contribution in [0.1, 0.15) is 39.2 Å². The van der Waals surface area contributed by atoms with Crippen LogP contribution in [0.2, 0.25) is 0 Å². The number of hydrogen-bond donors (Lipinski definition) is 1. The lowest BCUT2D eigenvalue weighted by atomic mass is 9.95. The molecular formula is C16H27ClN2O2. The van der Waals surface area contributed by atoms with Crippen molar-refractivity contribution >= 4 is 18.3 Å². The Labute approximate surface area is 134 Å². The molecule has 0 fully saturated rings. The zero-order valence-electron chi connectivity index (χ0n) is 13.4. The molecule has 0 radical (unpaired) electrons. The average molecular weight is 315 g/mol. The second kappa shape index (κ2) is 8.90. The topological polar surface area (TPSA) is 55.6 Å². The van der Waals surface area contributed by atoms with Crippen molar-refractivity contribution in [3.63, 3.8) is 0 Å². The maximum atomic E-state index is 12.4. The summed E-state index contributed by atoms with van der Waals surface area (Å²) in [5, 5.41) is 0. The number of para-hydroxylation sites is 1. The Morgan fingerprint density at radius 3 is 2.52 bits per heavy atom. The van der Waals surface area contributed by atoms with E-state index in [1.165, 1.54) is 0 Å². The van der Waals surface area contributed by atoms with E-state index in [1.54, 1.807) is 18.9 Å². The van der Waals surface area contributed by atoms with Crippen molar-refractivity contribution in [3.8, 4) is 5.75 Å².